The third kappa shape index (κ3) is 3.51. The Morgan fingerprint density at radius 3 is 2.60 bits per heavy atom. The highest BCUT2D eigenvalue weighted by Crippen LogP contribution is 2.07. The van der Waals surface area contributed by atoms with Crippen molar-refractivity contribution in [2.45, 2.75) is 6.92 Å². The molecule has 6 nitrogen and oxygen atoms in total. The Balaban J connectivity index is 1.85. The molecule has 0 aliphatic rings. The van der Waals surface area contributed by atoms with E-state index in [2.05, 4.69) is 26.1 Å². The lowest BCUT2D eigenvalue weighted by Crippen LogP contribution is -2.44. The van der Waals surface area contributed by atoms with Crippen LogP contribution in [0.1, 0.15) is 16.2 Å². The Bertz CT molecular complexity index is 625. The van der Waals surface area contributed by atoms with Crippen molar-refractivity contribution in [1.82, 2.24) is 20.8 Å². The summed E-state index contributed by atoms with van der Waals surface area (Å²) in [4.78, 5) is 18.4. The summed E-state index contributed by atoms with van der Waals surface area (Å²) in [6, 6.07) is 5.67. The van der Waals surface area contributed by atoms with E-state index in [1.54, 1.807) is 6.92 Å². The number of amides is 1. The maximum absolute atomic E-state index is 12.7. The zero-order valence-electron chi connectivity index (χ0n) is 10.5. The highest BCUT2D eigenvalue weighted by atomic mass is 32.1. The lowest BCUT2D eigenvalue weighted by Gasteiger charge is -2.11. The summed E-state index contributed by atoms with van der Waals surface area (Å²) in [7, 11) is 0. The number of rotatable bonds is 2. The highest BCUT2D eigenvalue weighted by Gasteiger charge is 2.11. The molecule has 0 spiro atoms. The van der Waals surface area contributed by atoms with Gasteiger partial charge in [0.1, 0.15) is 5.82 Å². The van der Waals surface area contributed by atoms with E-state index in [1.165, 1.54) is 30.6 Å². The van der Waals surface area contributed by atoms with Crippen LogP contribution in [0, 0.1) is 12.7 Å². The first-order chi connectivity index (χ1) is 9.56. The number of thiocarbonyl (C=S) groups is 1. The van der Waals surface area contributed by atoms with E-state index in [9.17, 15) is 9.18 Å². The summed E-state index contributed by atoms with van der Waals surface area (Å²) in [6.45, 7) is 1.73. The van der Waals surface area contributed by atoms with Gasteiger partial charge in [0.15, 0.2) is 10.8 Å². The lowest BCUT2D eigenvalue weighted by molar-refractivity contribution is 0.0939. The smallest absolute Gasteiger partial charge is 0.290 e. The standard InChI is InChI=1S/C12H12FN5OS/c1-7-10(15-6-14-7)11(19)17-18-12(20)16-9-4-2-8(13)3-5-9/h2-6H,1H3,(H,14,15)(H,17,19)(H2,16,18,20). The molecular formula is C12H12FN5OS. The monoisotopic (exact) mass is 293 g/mol. The van der Waals surface area contributed by atoms with Crippen LogP contribution < -0.4 is 16.2 Å². The van der Waals surface area contributed by atoms with Crippen LogP contribution in [0.25, 0.3) is 0 Å². The molecule has 0 bridgehead atoms. The summed E-state index contributed by atoms with van der Waals surface area (Å²) < 4.78 is 12.7. The molecule has 0 saturated carbocycles. The minimum absolute atomic E-state index is 0.179. The molecule has 8 heteroatoms. The molecule has 1 aromatic heterocycles. The quantitative estimate of drug-likeness (QED) is 0.498. The highest BCUT2D eigenvalue weighted by molar-refractivity contribution is 7.80. The van der Waals surface area contributed by atoms with Crippen molar-refractivity contribution in [3.8, 4) is 0 Å². The number of hydrazine groups is 1. The second-order valence-corrected chi connectivity index (χ2v) is 4.32. The van der Waals surface area contributed by atoms with Crippen molar-refractivity contribution in [3.05, 3.63) is 47.8 Å². The number of aromatic nitrogens is 2. The molecule has 0 saturated heterocycles. The number of hydrogen-bond donors (Lipinski definition) is 4. The molecule has 0 fully saturated rings. The third-order valence-electron chi connectivity index (χ3n) is 2.44. The van der Waals surface area contributed by atoms with Crippen LogP contribution in [0.15, 0.2) is 30.6 Å². The molecule has 104 valence electrons. The van der Waals surface area contributed by atoms with Crippen molar-refractivity contribution < 1.29 is 9.18 Å². The summed E-state index contributed by atoms with van der Waals surface area (Å²) >= 11 is 4.99. The fourth-order valence-electron chi connectivity index (χ4n) is 1.46. The van der Waals surface area contributed by atoms with Gasteiger partial charge in [0.05, 0.1) is 6.33 Å². The third-order valence-corrected chi connectivity index (χ3v) is 2.64. The summed E-state index contributed by atoms with van der Waals surface area (Å²) in [5.74, 6) is -0.747. The number of hydrogen-bond acceptors (Lipinski definition) is 3. The molecule has 0 aliphatic heterocycles. The van der Waals surface area contributed by atoms with Crippen LogP contribution in [0.2, 0.25) is 0 Å². The van der Waals surface area contributed by atoms with Crippen molar-refractivity contribution in [2.75, 3.05) is 5.32 Å². The number of anilines is 1. The van der Waals surface area contributed by atoms with Gasteiger partial charge in [0.2, 0.25) is 0 Å². The Hall–Kier alpha value is -2.48. The number of aryl methyl sites for hydroxylation is 1. The van der Waals surface area contributed by atoms with Crippen LogP contribution >= 0.6 is 12.2 Å². The van der Waals surface area contributed by atoms with Crippen LogP contribution in [-0.2, 0) is 0 Å². The number of halogens is 1. The largest absolute Gasteiger partial charge is 0.348 e. The number of aromatic amines is 1. The molecular weight excluding hydrogens is 281 g/mol. The molecule has 20 heavy (non-hydrogen) atoms. The number of benzene rings is 1. The van der Waals surface area contributed by atoms with E-state index in [0.29, 0.717) is 11.4 Å². The van der Waals surface area contributed by atoms with Gasteiger partial charge >= 0.3 is 0 Å². The summed E-state index contributed by atoms with van der Waals surface area (Å²) in [6.07, 6.45) is 1.43. The summed E-state index contributed by atoms with van der Waals surface area (Å²) in [5.41, 5.74) is 6.48. The van der Waals surface area contributed by atoms with Gasteiger partial charge < -0.3 is 10.3 Å². The van der Waals surface area contributed by atoms with Gasteiger partial charge in [-0.1, -0.05) is 0 Å². The molecule has 1 heterocycles. The van der Waals surface area contributed by atoms with Crippen LogP contribution in [0.4, 0.5) is 10.1 Å². The van der Waals surface area contributed by atoms with E-state index in [-0.39, 0.29) is 16.6 Å². The number of H-pyrrole nitrogens is 1. The average molecular weight is 293 g/mol. The fourth-order valence-corrected chi connectivity index (χ4v) is 1.62. The molecule has 0 atom stereocenters. The fraction of sp³-hybridized carbons (Fsp3) is 0.0833. The van der Waals surface area contributed by atoms with Crippen LogP contribution in [-0.4, -0.2) is 21.0 Å². The molecule has 2 rings (SSSR count). The second kappa shape index (κ2) is 6.11. The number of carbonyl (C=O) groups excluding carboxylic acids is 1. The van der Waals surface area contributed by atoms with Gasteiger partial charge in [0, 0.05) is 11.4 Å². The minimum Gasteiger partial charge on any atom is -0.348 e. The SMILES string of the molecule is Cc1[nH]cnc1C(=O)NNC(=S)Nc1ccc(F)cc1. The van der Waals surface area contributed by atoms with Gasteiger partial charge in [-0.15, -0.1) is 0 Å². The number of carbonyl (C=O) groups is 1. The maximum atomic E-state index is 12.7. The van der Waals surface area contributed by atoms with Crippen molar-refractivity contribution in [2.24, 2.45) is 0 Å². The normalized spacial score (nSPS) is 9.90. The van der Waals surface area contributed by atoms with E-state index >= 15 is 0 Å². The van der Waals surface area contributed by atoms with E-state index in [0.717, 1.165) is 0 Å². The Labute approximate surface area is 119 Å². The topological polar surface area (TPSA) is 81.8 Å². The molecule has 1 amide bonds. The first kappa shape index (κ1) is 13.9. The van der Waals surface area contributed by atoms with Crippen molar-refractivity contribution in [3.63, 3.8) is 0 Å². The Kier molecular flexibility index (Phi) is 4.26. The van der Waals surface area contributed by atoms with E-state index in [4.69, 9.17) is 12.2 Å². The molecule has 0 unspecified atom stereocenters. The average Bonchev–Trinajstić information content (AvgIpc) is 2.85. The van der Waals surface area contributed by atoms with Crippen molar-refractivity contribution >= 4 is 28.9 Å². The zero-order valence-corrected chi connectivity index (χ0v) is 11.3. The number of nitrogens with zero attached hydrogens (tertiary/aromatic N) is 1. The van der Waals surface area contributed by atoms with Crippen LogP contribution in [0.3, 0.4) is 0 Å². The predicted octanol–water partition coefficient (Wildman–Crippen LogP) is 1.49. The first-order valence-electron chi connectivity index (χ1n) is 5.69. The number of nitrogens with one attached hydrogen (secondary N) is 4. The van der Waals surface area contributed by atoms with Gasteiger partial charge in [-0.05, 0) is 43.4 Å². The van der Waals surface area contributed by atoms with E-state index in [1.807, 2.05) is 0 Å². The Morgan fingerprint density at radius 2 is 2.00 bits per heavy atom. The zero-order chi connectivity index (χ0) is 14.5. The lowest BCUT2D eigenvalue weighted by atomic mass is 10.3. The summed E-state index contributed by atoms with van der Waals surface area (Å²) in [5, 5.41) is 2.97. The molecule has 0 radical (unpaired) electrons. The Morgan fingerprint density at radius 1 is 1.30 bits per heavy atom. The molecule has 1 aromatic carbocycles. The molecule has 2 aromatic rings. The predicted molar refractivity (Wildman–Crippen MR) is 76.5 cm³/mol. The van der Waals surface area contributed by atoms with Gasteiger partial charge in [-0.2, -0.15) is 0 Å². The first-order valence-corrected chi connectivity index (χ1v) is 6.10. The van der Waals surface area contributed by atoms with E-state index < -0.39 is 5.91 Å². The van der Waals surface area contributed by atoms with Crippen molar-refractivity contribution in [1.29, 1.82) is 0 Å². The second-order valence-electron chi connectivity index (χ2n) is 3.92. The minimum atomic E-state index is -0.410. The molecule has 4 N–H and O–H groups in total. The van der Waals surface area contributed by atoms with Gasteiger partial charge in [-0.3, -0.25) is 15.6 Å². The van der Waals surface area contributed by atoms with Gasteiger partial charge in [0.25, 0.3) is 5.91 Å². The molecule has 0 aliphatic carbocycles. The van der Waals surface area contributed by atoms with Crippen LogP contribution in [0.5, 0.6) is 0 Å². The number of imidazole rings is 1. The maximum Gasteiger partial charge on any atom is 0.290 e. The van der Waals surface area contributed by atoms with Gasteiger partial charge in [-0.25, -0.2) is 9.37 Å².